The van der Waals surface area contributed by atoms with Crippen molar-refractivity contribution in [3.05, 3.63) is 0 Å². The second-order valence-electron chi connectivity index (χ2n) is 3.01. The van der Waals surface area contributed by atoms with E-state index in [1.54, 1.807) is 0 Å². The van der Waals surface area contributed by atoms with Crippen LogP contribution < -0.4 is 5.73 Å². The quantitative estimate of drug-likeness (QED) is 0.493. The van der Waals surface area contributed by atoms with Crippen LogP contribution in [0.2, 0.25) is 0 Å². The summed E-state index contributed by atoms with van der Waals surface area (Å²) < 4.78 is 5.49. The second kappa shape index (κ2) is 7.50. The predicted octanol–water partition coefficient (Wildman–Crippen LogP) is 2.26. The fourth-order valence-corrected chi connectivity index (χ4v) is 0.948. The van der Waals surface area contributed by atoms with Crippen molar-refractivity contribution < 1.29 is 4.74 Å². The van der Waals surface area contributed by atoms with Crippen molar-refractivity contribution in [1.29, 1.82) is 0 Å². The standard InChI is InChI=1S/C9H19NOS/c1-3-8(2)11-7-5-4-6-9(10)12/h8H,3-7H2,1-2H3,(H2,10,12). The van der Waals surface area contributed by atoms with Crippen molar-refractivity contribution in [2.45, 2.75) is 45.6 Å². The smallest absolute Gasteiger partial charge is 0.0727 e. The van der Waals surface area contributed by atoms with E-state index in [2.05, 4.69) is 13.8 Å². The zero-order chi connectivity index (χ0) is 9.40. The minimum atomic E-state index is 0.384. The molecule has 0 aromatic carbocycles. The third kappa shape index (κ3) is 7.95. The van der Waals surface area contributed by atoms with E-state index < -0.39 is 0 Å². The highest BCUT2D eigenvalue weighted by atomic mass is 32.1. The first-order chi connectivity index (χ1) is 5.66. The predicted molar refractivity (Wildman–Crippen MR) is 56.3 cm³/mol. The fraction of sp³-hybridized carbons (Fsp3) is 0.889. The molecule has 1 atom stereocenters. The van der Waals surface area contributed by atoms with Gasteiger partial charge in [-0.1, -0.05) is 19.1 Å². The van der Waals surface area contributed by atoms with Gasteiger partial charge in [0.15, 0.2) is 0 Å². The monoisotopic (exact) mass is 189 g/mol. The van der Waals surface area contributed by atoms with Crippen LogP contribution in [-0.4, -0.2) is 17.7 Å². The highest BCUT2D eigenvalue weighted by Gasteiger charge is 1.97. The van der Waals surface area contributed by atoms with E-state index in [0.717, 1.165) is 32.3 Å². The Morgan fingerprint density at radius 1 is 1.50 bits per heavy atom. The highest BCUT2D eigenvalue weighted by Crippen LogP contribution is 2.00. The Bertz CT molecular complexity index is 128. The van der Waals surface area contributed by atoms with Crippen LogP contribution in [0.3, 0.4) is 0 Å². The molecule has 0 aliphatic carbocycles. The molecule has 0 saturated heterocycles. The van der Waals surface area contributed by atoms with Gasteiger partial charge in [-0.3, -0.25) is 0 Å². The van der Waals surface area contributed by atoms with Crippen LogP contribution in [0.25, 0.3) is 0 Å². The van der Waals surface area contributed by atoms with E-state index in [9.17, 15) is 0 Å². The molecular formula is C9H19NOS. The number of thiocarbonyl (C=S) groups is 1. The van der Waals surface area contributed by atoms with Gasteiger partial charge in [-0.25, -0.2) is 0 Å². The summed E-state index contributed by atoms with van der Waals surface area (Å²) in [5.41, 5.74) is 5.35. The number of nitrogens with two attached hydrogens (primary N) is 1. The maximum Gasteiger partial charge on any atom is 0.0727 e. The summed E-state index contributed by atoms with van der Waals surface area (Å²) in [4.78, 5) is 0.610. The Morgan fingerprint density at radius 3 is 2.67 bits per heavy atom. The topological polar surface area (TPSA) is 35.2 Å². The van der Waals surface area contributed by atoms with Crippen molar-refractivity contribution in [2.75, 3.05) is 6.61 Å². The van der Waals surface area contributed by atoms with Crippen LogP contribution in [0, 0.1) is 0 Å². The van der Waals surface area contributed by atoms with Gasteiger partial charge in [0.25, 0.3) is 0 Å². The van der Waals surface area contributed by atoms with Gasteiger partial charge in [0.2, 0.25) is 0 Å². The normalized spacial score (nSPS) is 12.8. The fourth-order valence-electron chi connectivity index (χ4n) is 0.804. The minimum Gasteiger partial charge on any atom is -0.393 e. The Hall–Kier alpha value is -0.150. The number of hydrogen-bond donors (Lipinski definition) is 1. The summed E-state index contributed by atoms with van der Waals surface area (Å²) >= 11 is 4.76. The van der Waals surface area contributed by atoms with Crippen LogP contribution in [0.15, 0.2) is 0 Å². The molecule has 0 bridgehead atoms. The summed E-state index contributed by atoms with van der Waals surface area (Å²) in [7, 11) is 0. The zero-order valence-corrected chi connectivity index (χ0v) is 8.82. The Morgan fingerprint density at radius 2 is 2.17 bits per heavy atom. The molecule has 0 aliphatic rings. The lowest BCUT2D eigenvalue weighted by Crippen LogP contribution is -2.10. The maximum atomic E-state index is 5.49. The van der Waals surface area contributed by atoms with Crippen molar-refractivity contribution in [1.82, 2.24) is 0 Å². The van der Waals surface area contributed by atoms with E-state index >= 15 is 0 Å². The molecule has 2 N–H and O–H groups in total. The SMILES string of the molecule is CCC(C)OCCCCC(N)=S. The van der Waals surface area contributed by atoms with Gasteiger partial charge in [0, 0.05) is 6.61 Å². The Kier molecular flexibility index (Phi) is 7.40. The largest absolute Gasteiger partial charge is 0.393 e. The van der Waals surface area contributed by atoms with Gasteiger partial charge >= 0.3 is 0 Å². The molecule has 0 rings (SSSR count). The Balaban J connectivity index is 3.05. The van der Waals surface area contributed by atoms with Crippen molar-refractivity contribution in [2.24, 2.45) is 5.73 Å². The molecule has 0 heterocycles. The first-order valence-electron chi connectivity index (χ1n) is 4.56. The van der Waals surface area contributed by atoms with Gasteiger partial charge in [-0.05, 0) is 32.6 Å². The third-order valence-electron chi connectivity index (χ3n) is 1.79. The number of ether oxygens (including phenoxy) is 1. The van der Waals surface area contributed by atoms with E-state index in [-0.39, 0.29) is 0 Å². The van der Waals surface area contributed by atoms with Crippen LogP contribution in [0.4, 0.5) is 0 Å². The minimum absolute atomic E-state index is 0.384. The molecule has 0 aromatic heterocycles. The Labute approximate surface area is 80.5 Å². The average molecular weight is 189 g/mol. The van der Waals surface area contributed by atoms with Gasteiger partial charge in [0.05, 0.1) is 11.1 Å². The number of unbranched alkanes of at least 4 members (excludes halogenated alkanes) is 1. The van der Waals surface area contributed by atoms with Gasteiger partial charge in [0.1, 0.15) is 0 Å². The number of hydrogen-bond acceptors (Lipinski definition) is 2. The summed E-state index contributed by atoms with van der Waals surface area (Å²) in [5.74, 6) is 0. The maximum absolute atomic E-state index is 5.49. The van der Waals surface area contributed by atoms with Gasteiger partial charge in [-0.2, -0.15) is 0 Å². The van der Waals surface area contributed by atoms with Crippen LogP contribution in [-0.2, 0) is 4.74 Å². The van der Waals surface area contributed by atoms with E-state index in [0.29, 0.717) is 11.1 Å². The molecule has 1 unspecified atom stereocenters. The van der Waals surface area contributed by atoms with Crippen LogP contribution >= 0.6 is 12.2 Å². The molecule has 0 saturated carbocycles. The first-order valence-corrected chi connectivity index (χ1v) is 4.97. The lowest BCUT2D eigenvalue weighted by atomic mass is 10.2. The molecule has 0 fully saturated rings. The lowest BCUT2D eigenvalue weighted by molar-refractivity contribution is 0.0613. The summed E-state index contributed by atoms with van der Waals surface area (Å²) in [6.07, 6.45) is 4.41. The van der Waals surface area contributed by atoms with Gasteiger partial charge < -0.3 is 10.5 Å². The second-order valence-corrected chi connectivity index (χ2v) is 3.54. The molecule has 3 heteroatoms. The average Bonchev–Trinajstić information content (AvgIpc) is 2.03. The van der Waals surface area contributed by atoms with Crippen molar-refractivity contribution in [3.63, 3.8) is 0 Å². The molecule has 2 nitrogen and oxygen atoms in total. The molecule has 0 amide bonds. The third-order valence-corrected chi connectivity index (χ3v) is 2.00. The summed E-state index contributed by atoms with van der Waals surface area (Å²) in [5, 5.41) is 0. The van der Waals surface area contributed by atoms with E-state index in [4.69, 9.17) is 22.7 Å². The van der Waals surface area contributed by atoms with Crippen LogP contribution in [0.1, 0.15) is 39.5 Å². The highest BCUT2D eigenvalue weighted by molar-refractivity contribution is 7.80. The first kappa shape index (κ1) is 11.8. The van der Waals surface area contributed by atoms with Crippen LogP contribution in [0.5, 0.6) is 0 Å². The van der Waals surface area contributed by atoms with Crippen molar-refractivity contribution >= 4 is 17.2 Å². The molecule has 0 radical (unpaired) electrons. The molecule has 0 aromatic rings. The molecular weight excluding hydrogens is 170 g/mol. The molecule has 72 valence electrons. The molecule has 12 heavy (non-hydrogen) atoms. The molecule has 0 aliphatic heterocycles. The van der Waals surface area contributed by atoms with E-state index in [1.807, 2.05) is 0 Å². The molecule has 0 spiro atoms. The summed E-state index contributed by atoms with van der Waals surface area (Å²) in [6, 6.07) is 0. The summed E-state index contributed by atoms with van der Waals surface area (Å²) in [6.45, 7) is 5.05. The van der Waals surface area contributed by atoms with E-state index in [1.165, 1.54) is 0 Å². The van der Waals surface area contributed by atoms with Crippen molar-refractivity contribution in [3.8, 4) is 0 Å². The lowest BCUT2D eigenvalue weighted by Gasteiger charge is -2.09. The zero-order valence-electron chi connectivity index (χ0n) is 8.01. The number of rotatable bonds is 7. The van der Waals surface area contributed by atoms with Gasteiger partial charge in [-0.15, -0.1) is 0 Å².